The third-order valence-electron chi connectivity index (χ3n) is 9.19. The molecule has 0 spiro atoms. The summed E-state index contributed by atoms with van der Waals surface area (Å²) in [7, 11) is 0. The van der Waals surface area contributed by atoms with Crippen LogP contribution in [-0.4, -0.2) is 35.1 Å². The van der Waals surface area contributed by atoms with Crippen LogP contribution in [0.15, 0.2) is 138 Å². The third kappa shape index (κ3) is 8.52. The van der Waals surface area contributed by atoms with Gasteiger partial charge in [0.2, 0.25) is 11.8 Å². The highest BCUT2D eigenvalue weighted by Crippen LogP contribution is 2.41. The Morgan fingerprint density at radius 3 is 2.33 bits per heavy atom. The second-order valence-electron chi connectivity index (χ2n) is 12.8. The van der Waals surface area contributed by atoms with Crippen molar-refractivity contribution in [2.24, 2.45) is 0 Å². The van der Waals surface area contributed by atoms with Crippen LogP contribution in [0.5, 0.6) is 0 Å². The SMILES string of the molecule is CC(=O)N1CCc2c(sc(NC(=O)C(Sc3cccc(NC(=O)/C(=C\c4cccc5ccccc45)NC(=O)c4ccccc4)c3)c3ccccc3)c2C#N)C1. The first-order valence-electron chi connectivity index (χ1n) is 17.6. The van der Waals surface area contributed by atoms with Crippen molar-refractivity contribution in [2.45, 2.75) is 30.0 Å². The van der Waals surface area contributed by atoms with E-state index in [1.165, 1.54) is 30.0 Å². The highest BCUT2D eigenvalue weighted by Gasteiger charge is 2.29. The van der Waals surface area contributed by atoms with Gasteiger partial charge in [0.15, 0.2) is 0 Å². The first-order chi connectivity index (χ1) is 26.8. The van der Waals surface area contributed by atoms with E-state index in [1.807, 2.05) is 84.9 Å². The van der Waals surface area contributed by atoms with Crippen LogP contribution in [0.2, 0.25) is 0 Å². The maximum Gasteiger partial charge on any atom is 0.272 e. The Morgan fingerprint density at radius 2 is 1.56 bits per heavy atom. The zero-order valence-electron chi connectivity index (χ0n) is 29.7. The van der Waals surface area contributed by atoms with E-state index in [0.29, 0.717) is 46.2 Å². The van der Waals surface area contributed by atoms with Crippen molar-refractivity contribution in [3.8, 4) is 6.07 Å². The van der Waals surface area contributed by atoms with Gasteiger partial charge in [-0.1, -0.05) is 97.1 Å². The molecule has 0 saturated heterocycles. The average Bonchev–Trinajstić information content (AvgIpc) is 3.56. The van der Waals surface area contributed by atoms with Crippen molar-refractivity contribution in [3.05, 3.63) is 166 Å². The monoisotopic (exact) mass is 761 g/mol. The number of carbonyl (C=O) groups excluding carboxylic acids is 4. The van der Waals surface area contributed by atoms with Gasteiger partial charge in [-0.05, 0) is 70.3 Å². The molecule has 1 aliphatic rings. The van der Waals surface area contributed by atoms with Gasteiger partial charge in [0.1, 0.15) is 22.0 Å². The Balaban J connectivity index is 1.14. The lowest BCUT2D eigenvalue weighted by molar-refractivity contribution is -0.129. The number of rotatable bonds is 10. The summed E-state index contributed by atoms with van der Waals surface area (Å²) in [5, 5.41) is 20.5. The Bertz CT molecular complexity index is 2490. The maximum atomic E-state index is 14.1. The predicted octanol–water partition coefficient (Wildman–Crippen LogP) is 8.56. The molecule has 272 valence electrons. The summed E-state index contributed by atoms with van der Waals surface area (Å²) in [6, 6.07) is 41.1. The summed E-state index contributed by atoms with van der Waals surface area (Å²) in [5.74, 6) is -1.29. The van der Waals surface area contributed by atoms with Crippen LogP contribution >= 0.6 is 23.1 Å². The van der Waals surface area contributed by atoms with Crippen molar-refractivity contribution in [3.63, 3.8) is 0 Å². The molecule has 1 unspecified atom stereocenters. The van der Waals surface area contributed by atoms with Crippen molar-refractivity contribution < 1.29 is 19.2 Å². The van der Waals surface area contributed by atoms with E-state index >= 15 is 0 Å². The molecule has 7 rings (SSSR count). The summed E-state index contributed by atoms with van der Waals surface area (Å²) in [6.45, 7) is 2.46. The number of thioether (sulfide) groups is 1. The van der Waals surface area contributed by atoms with Crippen LogP contribution < -0.4 is 16.0 Å². The first kappa shape index (κ1) is 36.9. The van der Waals surface area contributed by atoms with E-state index in [2.05, 4.69) is 22.0 Å². The first-order valence-corrected chi connectivity index (χ1v) is 19.3. The number of carbonyl (C=O) groups is 4. The smallest absolute Gasteiger partial charge is 0.272 e. The molecule has 2 heterocycles. The molecule has 55 heavy (non-hydrogen) atoms. The fraction of sp³-hybridized carbons (Fsp3) is 0.114. The van der Waals surface area contributed by atoms with E-state index in [9.17, 15) is 24.4 Å². The van der Waals surface area contributed by atoms with Crippen LogP contribution in [0.25, 0.3) is 16.8 Å². The molecule has 1 aromatic heterocycles. The number of hydrogen-bond acceptors (Lipinski definition) is 7. The Morgan fingerprint density at radius 1 is 0.855 bits per heavy atom. The molecular formula is C44H35N5O4S2. The number of benzene rings is 5. The zero-order chi connectivity index (χ0) is 38.3. The normalized spacial score (nSPS) is 12.9. The molecule has 0 saturated carbocycles. The van der Waals surface area contributed by atoms with E-state index < -0.39 is 17.1 Å². The summed E-state index contributed by atoms with van der Waals surface area (Å²) in [5.41, 5.74) is 3.76. The summed E-state index contributed by atoms with van der Waals surface area (Å²) in [4.78, 5) is 56.8. The van der Waals surface area contributed by atoms with Crippen LogP contribution in [0.3, 0.4) is 0 Å². The standard InChI is InChI=1S/C44H35N5O4S2/c1-28(50)49-23-22-36-37(26-45)44(55-39(36)27-49)48-43(53)40(30-13-4-2-5-14-30)54-34-20-11-19-33(25-34)46-42(52)38(47-41(51)31-15-6-3-7-16-31)24-32-18-10-17-29-12-8-9-21-35(29)32/h2-21,24-25,40H,22-23,27H2,1H3,(H,46,52)(H,47,51)(H,48,53)/b38-24+. The van der Waals surface area contributed by atoms with Crippen molar-refractivity contribution in [2.75, 3.05) is 17.2 Å². The Hall–Kier alpha value is -6.48. The van der Waals surface area contributed by atoms with Crippen LogP contribution in [0.4, 0.5) is 10.7 Å². The number of hydrogen-bond donors (Lipinski definition) is 3. The van der Waals surface area contributed by atoms with E-state index in [0.717, 1.165) is 32.3 Å². The number of anilines is 2. The van der Waals surface area contributed by atoms with Crippen molar-refractivity contribution in [1.82, 2.24) is 10.2 Å². The largest absolute Gasteiger partial charge is 0.337 e. The molecule has 1 atom stereocenters. The molecule has 4 amide bonds. The molecule has 0 fully saturated rings. The lowest BCUT2D eigenvalue weighted by Crippen LogP contribution is -2.33. The molecule has 5 aromatic carbocycles. The summed E-state index contributed by atoms with van der Waals surface area (Å²) >= 11 is 2.63. The van der Waals surface area contributed by atoms with Crippen LogP contribution in [0.1, 0.15) is 49.7 Å². The van der Waals surface area contributed by atoms with Gasteiger partial charge in [-0.15, -0.1) is 23.1 Å². The third-order valence-corrected chi connectivity index (χ3v) is 11.6. The minimum absolute atomic E-state index is 0.0314. The number of nitriles is 1. The second-order valence-corrected chi connectivity index (χ2v) is 15.1. The number of thiophene rings is 1. The summed E-state index contributed by atoms with van der Waals surface area (Å²) < 4.78 is 0. The van der Waals surface area contributed by atoms with Gasteiger partial charge in [-0.3, -0.25) is 19.2 Å². The van der Waals surface area contributed by atoms with E-state index in [-0.39, 0.29) is 17.5 Å². The summed E-state index contributed by atoms with van der Waals surface area (Å²) in [6.07, 6.45) is 2.22. The minimum atomic E-state index is -0.710. The maximum absolute atomic E-state index is 14.1. The van der Waals surface area contributed by atoms with Crippen LogP contribution in [0, 0.1) is 11.3 Å². The number of nitrogens with one attached hydrogen (secondary N) is 3. The van der Waals surface area contributed by atoms with Crippen LogP contribution in [-0.2, 0) is 27.3 Å². The molecule has 9 nitrogen and oxygen atoms in total. The van der Waals surface area contributed by atoms with Crippen molar-refractivity contribution in [1.29, 1.82) is 5.26 Å². The topological polar surface area (TPSA) is 131 Å². The highest BCUT2D eigenvalue weighted by molar-refractivity contribution is 8.00. The van der Waals surface area contributed by atoms with Gasteiger partial charge in [0.25, 0.3) is 11.8 Å². The average molecular weight is 762 g/mol. The molecule has 6 aromatic rings. The van der Waals surface area contributed by atoms with Gasteiger partial charge < -0.3 is 20.9 Å². The molecular weight excluding hydrogens is 727 g/mol. The van der Waals surface area contributed by atoms with E-state index in [1.54, 1.807) is 53.4 Å². The number of nitrogens with zero attached hydrogens (tertiary/aromatic N) is 2. The highest BCUT2D eigenvalue weighted by atomic mass is 32.2. The predicted molar refractivity (Wildman–Crippen MR) is 218 cm³/mol. The number of amides is 4. The van der Waals surface area contributed by atoms with Crippen molar-refractivity contribution >= 4 is 74.3 Å². The molecule has 0 radical (unpaired) electrons. The molecule has 1 aliphatic heterocycles. The molecule has 3 N–H and O–H groups in total. The van der Waals surface area contributed by atoms with Gasteiger partial charge in [0, 0.05) is 34.5 Å². The Labute approximate surface area is 326 Å². The fourth-order valence-electron chi connectivity index (χ4n) is 6.41. The van der Waals surface area contributed by atoms with Gasteiger partial charge in [0.05, 0.1) is 12.1 Å². The second kappa shape index (κ2) is 16.7. The number of fused-ring (bicyclic) bond motifs is 2. The minimum Gasteiger partial charge on any atom is -0.337 e. The molecule has 11 heteroatoms. The molecule has 0 bridgehead atoms. The zero-order valence-corrected chi connectivity index (χ0v) is 31.4. The Kier molecular flexibility index (Phi) is 11.2. The lowest BCUT2D eigenvalue weighted by Gasteiger charge is -2.25. The van der Waals surface area contributed by atoms with Gasteiger partial charge in [-0.25, -0.2) is 0 Å². The quantitative estimate of drug-likeness (QED) is 0.0948. The lowest BCUT2D eigenvalue weighted by atomic mass is 10.0. The fourth-order valence-corrected chi connectivity index (χ4v) is 8.71. The molecule has 0 aliphatic carbocycles. The van der Waals surface area contributed by atoms with Gasteiger partial charge in [-0.2, -0.15) is 5.26 Å². The van der Waals surface area contributed by atoms with E-state index in [4.69, 9.17) is 0 Å². The van der Waals surface area contributed by atoms with Gasteiger partial charge >= 0.3 is 0 Å².